The number of nitrogens with zero attached hydrogens (tertiary/aromatic N) is 2. The van der Waals surface area contributed by atoms with Crippen molar-refractivity contribution in [1.29, 1.82) is 0 Å². The third-order valence-corrected chi connectivity index (χ3v) is 3.17. The summed E-state index contributed by atoms with van der Waals surface area (Å²) in [6, 6.07) is 4.90. The number of carbonyl (C=O) groups excluding carboxylic acids is 1. The van der Waals surface area contributed by atoms with Crippen molar-refractivity contribution >= 4 is 23.2 Å². The Hall–Kier alpha value is -2.08. The molecule has 0 aliphatic heterocycles. The average molecular weight is 309 g/mol. The highest BCUT2D eigenvalue weighted by molar-refractivity contribution is 6.31. The highest BCUT2D eigenvalue weighted by atomic mass is 35.5. The molecular formula is C14H17ClN4O2. The van der Waals surface area contributed by atoms with Gasteiger partial charge in [0.25, 0.3) is 5.91 Å². The minimum absolute atomic E-state index is 0.331. The Labute approximate surface area is 127 Å². The van der Waals surface area contributed by atoms with E-state index in [4.69, 9.17) is 21.9 Å². The predicted octanol–water partition coefficient (Wildman–Crippen LogP) is 2.78. The van der Waals surface area contributed by atoms with Gasteiger partial charge in [-0.1, -0.05) is 30.1 Å². The van der Waals surface area contributed by atoms with E-state index in [2.05, 4.69) is 22.4 Å². The summed E-state index contributed by atoms with van der Waals surface area (Å²) in [6.45, 7) is 2.45. The van der Waals surface area contributed by atoms with Crippen LogP contribution in [0.25, 0.3) is 0 Å². The van der Waals surface area contributed by atoms with Gasteiger partial charge in [0.2, 0.25) is 5.89 Å². The number of rotatable bonds is 7. The minimum Gasteiger partial charge on any atom is -0.377 e. The number of nitrogens with one attached hydrogen (secondary N) is 1. The lowest BCUT2D eigenvalue weighted by atomic mass is 10.1. The van der Waals surface area contributed by atoms with E-state index in [1.165, 1.54) is 6.07 Å². The third kappa shape index (κ3) is 4.19. The van der Waals surface area contributed by atoms with Crippen LogP contribution in [0.2, 0.25) is 5.02 Å². The molecule has 1 amide bonds. The van der Waals surface area contributed by atoms with E-state index < -0.39 is 5.91 Å². The molecular weight excluding hydrogens is 292 g/mol. The van der Waals surface area contributed by atoms with Gasteiger partial charge in [0.05, 0.1) is 12.1 Å². The number of halogens is 1. The molecule has 0 spiro atoms. The Morgan fingerprint density at radius 1 is 1.48 bits per heavy atom. The summed E-state index contributed by atoms with van der Waals surface area (Å²) in [5.74, 6) is 0.614. The first kappa shape index (κ1) is 15.3. The van der Waals surface area contributed by atoms with Gasteiger partial charge >= 0.3 is 0 Å². The van der Waals surface area contributed by atoms with E-state index in [1.54, 1.807) is 12.1 Å². The third-order valence-electron chi connectivity index (χ3n) is 2.94. The van der Waals surface area contributed by atoms with Crippen LogP contribution in [0.15, 0.2) is 22.7 Å². The molecule has 3 N–H and O–H groups in total. The Kier molecular flexibility index (Phi) is 5.16. The van der Waals surface area contributed by atoms with Gasteiger partial charge in [-0.05, 0) is 24.6 Å². The second kappa shape index (κ2) is 7.08. The summed E-state index contributed by atoms with van der Waals surface area (Å²) in [5.41, 5.74) is 6.24. The number of anilines is 1. The zero-order valence-electron chi connectivity index (χ0n) is 11.7. The molecule has 0 saturated carbocycles. The van der Waals surface area contributed by atoms with Crippen LogP contribution in [0.1, 0.15) is 41.8 Å². The SMILES string of the molecule is CCCCc1nc(CNc2ccc(Cl)cc2C(N)=O)no1. The Morgan fingerprint density at radius 3 is 3.00 bits per heavy atom. The molecule has 0 aliphatic carbocycles. The average Bonchev–Trinajstić information content (AvgIpc) is 2.91. The number of unbranched alkanes of at least 4 members (excludes halogenated alkanes) is 1. The molecule has 0 aliphatic rings. The molecule has 0 atom stereocenters. The normalized spacial score (nSPS) is 10.6. The van der Waals surface area contributed by atoms with Gasteiger partial charge in [-0.15, -0.1) is 0 Å². The monoisotopic (exact) mass is 308 g/mol. The summed E-state index contributed by atoms with van der Waals surface area (Å²) in [4.78, 5) is 15.7. The van der Waals surface area contributed by atoms with Crippen LogP contribution >= 0.6 is 11.6 Å². The lowest BCUT2D eigenvalue weighted by Crippen LogP contribution is -2.14. The fraction of sp³-hybridized carbons (Fsp3) is 0.357. The molecule has 21 heavy (non-hydrogen) atoms. The molecule has 7 heteroatoms. The van der Waals surface area contributed by atoms with Crippen molar-refractivity contribution < 1.29 is 9.32 Å². The van der Waals surface area contributed by atoms with Gasteiger partial charge in [0, 0.05) is 17.1 Å². The van der Waals surface area contributed by atoms with Crippen molar-refractivity contribution in [2.75, 3.05) is 5.32 Å². The van der Waals surface area contributed by atoms with Gasteiger partial charge in [0.15, 0.2) is 5.82 Å². The van der Waals surface area contributed by atoms with Gasteiger partial charge < -0.3 is 15.6 Å². The Morgan fingerprint density at radius 2 is 2.29 bits per heavy atom. The minimum atomic E-state index is -0.545. The number of aromatic nitrogens is 2. The molecule has 0 fully saturated rings. The number of aryl methyl sites for hydroxylation is 1. The van der Waals surface area contributed by atoms with E-state index in [1.807, 2.05) is 0 Å². The molecule has 0 bridgehead atoms. The fourth-order valence-corrected chi connectivity index (χ4v) is 2.01. The second-order valence-electron chi connectivity index (χ2n) is 4.62. The number of hydrogen-bond donors (Lipinski definition) is 2. The molecule has 1 aromatic heterocycles. The van der Waals surface area contributed by atoms with Crippen LogP contribution in [-0.4, -0.2) is 16.0 Å². The summed E-state index contributed by atoms with van der Waals surface area (Å²) in [7, 11) is 0. The quantitative estimate of drug-likeness (QED) is 0.820. The van der Waals surface area contributed by atoms with Crippen LogP contribution < -0.4 is 11.1 Å². The molecule has 112 valence electrons. The largest absolute Gasteiger partial charge is 0.377 e. The number of carbonyl (C=O) groups is 1. The highest BCUT2D eigenvalue weighted by Gasteiger charge is 2.10. The van der Waals surface area contributed by atoms with Crippen LogP contribution in [0.4, 0.5) is 5.69 Å². The standard InChI is InChI=1S/C14H17ClN4O2/c1-2-3-4-13-18-12(19-21-13)8-17-11-6-5-9(15)7-10(11)14(16)20/h5-7,17H,2-4,8H2,1H3,(H2,16,20). The summed E-state index contributed by atoms with van der Waals surface area (Å²) in [6.07, 6.45) is 2.86. The zero-order valence-corrected chi connectivity index (χ0v) is 12.5. The van der Waals surface area contributed by atoms with E-state index in [9.17, 15) is 4.79 Å². The van der Waals surface area contributed by atoms with Crippen molar-refractivity contribution in [2.24, 2.45) is 5.73 Å². The van der Waals surface area contributed by atoms with Gasteiger partial charge in [-0.3, -0.25) is 4.79 Å². The first-order valence-corrected chi connectivity index (χ1v) is 7.12. The van der Waals surface area contributed by atoms with Crippen LogP contribution in [0.5, 0.6) is 0 Å². The molecule has 0 unspecified atom stereocenters. The van der Waals surface area contributed by atoms with E-state index in [-0.39, 0.29) is 0 Å². The topological polar surface area (TPSA) is 94.0 Å². The van der Waals surface area contributed by atoms with Gasteiger partial charge in [-0.25, -0.2) is 0 Å². The summed E-state index contributed by atoms with van der Waals surface area (Å²) in [5, 5.41) is 7.40. The Bertz CT molecular complexity index is 627. The van der Waals surface area contributed by atoms with E-state index in [0.29, 0.717) is 34.5 Å². The van der Waals surface area contributed by atoms with E-state index >= 15 is 0 Å². The maximum Gasteiger partial charge on any atom is 0.250 e. The lowest BCUT2D eigenvalue weighted by molar-refractivity contribution is 0.100. The smallest absolute Gasteiger partial charge is 0.250 e. The lowest BCUT2D eigenvalue weighted by Gasteiger charge is -2.08. The van der Waals surface area contributed by atoms with Crippen molar-refractivity contribution in [2.45, 2.75) is 32.7 Å². The number of hydrogen-bond acceptors (Lipinski definition) is 5. The molecule has 1 aromatic carbocycles. The maximum absolute atomic E-state index is 11.4. The molecule has 2 rings (SSSR count). The molecule has 0 saturated heterocycles. The highest BCUT2D eigenvalue weighted by Crippen LogP contribution is 2.20. The number of primary amides is 1. The summed E-state index contributed by atoms with van der Waals surface area (Å²) < 4.78 is 5.14. The summed E-state index contributed by atoms with van der Waals surface area (Å²) >= 11 is 5.85. The van der Waals surface area contributed by atoms with Crippen molar-refractivity contribution in [1.82, 2.24) is 10.1 Å². The van der Waals surface area contributed by atoms with Gasteiger partial charge in [0.1, 0.15) is 0 Å². The first-order chi connectivity index (χ1) is 10.1. The predicted molar refractivity (Wildman–Crippen MR) is 80.2 cm³/mol. The zero-order chi connectivity index (χ0) is 15.2. The maximum atomic E-state index is 11.4. The number of benzene rings is 1. The first-order valence-electron chi connectivity index (χ1n) is 6.75. The fourth-order valence-electron chi connectivity index (χ4n) is 1.84. The van der Waals surface area contributed by atoms with Crippen molar-refractivity contribution in [3.63, 3.8) is 0 Å². The molecule has 2 aromatic rings. The molecule has 0 radical (unpaired) electrons. The molecule has 6 nitrogen and oxygen atoms in total. The number of amides is 1. The second-order valence-corrected chi connectivity index (χ2v) is 5.05. The van der Waals surface area contributed by atoms with E-state index in [0.717, 1.165) is 19.3 Å². The van der Waals surface area contributed by atoms with Crippen LogP contribution in [-0.2, 0) is 13.0 Å². The van der Waals surface area contributed by atoms with Crippen molar-refractivity contribution in [3.05, 3.63) is 40.5 Å². The van der Waals surface area contributed by atoms with Crippen LogP contribution in [0.3, 0.4) is 0 Å². The Balaban J connectivity index is 2.03. The van der Waals surface area contributed by atoms with Crippen molar-refractivity contribution in [3.8, 4) is 0 Å². The number of nitrogens with two attached hydrogens (primary N) is 1. The van der Waals surface area contributed by atoms with Gasteiger partial charge in [-0.2, -0.15) is 4.98 Å². The van der Waals surface area contributed by atoms with Crippen LogP contribution in [0, 0.1) is 0 Å². The molecule has 1 heterocycles.